The van der Waals surface area contributed by atoms with E-state index in [9.17, 15) is 25.9 Å². The Morgan fingerprint density at radius 3 is 0.528 bits per heavy atom. The molecule has 0 aliphatic rings. The Morgan fingerprint density at radius 1 is 0.278 bits per heavy atom. The first-order valence-electron chi connectivity index (χ1n) is 20.8. The van der Waals surface area contributed by atoms with E-state index < -0.39 is 20.2 Å². The number of benzene rings is 8. The smallest absolute Gasteiger partial charge is 0.336 e. The quantitative estimate of drug-likeness (QED) is 0.0329. The average Bonchev–Trinajstić information content (AvgIpc) is 3.38. The average molecular weight is 1010 g/mol. The van der Waals surface area contributed by atoms with Gasteiger partial charge in [-0.15, -0.1) is 0 Å². The number of hydrogen-bond acceptors (Lipinski definition) is 14. The van der Waals surface area contributed by atoms with E-state index in [1.165, 1.54) is 24.3 Å². The molecule has 0 heterocycles. The monoisotopic (exact) mass is 1010 g/mol. The van der Waals surface area contributed by atoms with E-state index in [1.54, 1.807) is 0 Å². The first-order chi connectivity index (χ1) is 34.5. The molecule has 20 nitrogen and oxygen atoms in total. The number of hydrogen-bond donors (Lipinski definition) is 6. The minimum absolute atomic E-state index is 0.0833. The van der Waals surface area contributed by atoms with Gasteiger partial charge in [-0.2, -0.15) is 40.9 Å². The Hall–Kier alpha value is -9.48. The summed E-state index contributed by atoms with van der Waals surface area (Å²) in [5.74, 6) is -0.167. The fourth-order valence-electron chi connectivity index (χ4n) is 4.79. The van der Waals surface area contributed by atoms with Crippen LogP contribution in [0.5, 0.6) is 0 Å². The highest BCUT2D eigenvalue weighted by Crippen LogP contribution is 2.23. The number of nitrogens with two attached hydrogens (primary N) is 6. The van der Waals surface area contributed by atoms with Crippen molar-refractivity contribution in [2.45, 2.75) is 9.79 Å². The summed E-state index contributed by atoms with van der Waals surface area (Å²) in [5.41, 5.74) is 24.2. The third kappa shape index (κ3) is 26.2. The lowest BCUT2D eigenvalue weighted by atomic mass is 10.3. The number of guanidine groups is 2. The molecule has 0 saturated heterocycles. The summed E-state index contributed by atoms with van der Waals surface area (Å²) < 4.78 is 64.5. The maximum absolute atomic E-state index is 10.8. The molecule has 0 radical (unpaired) electrons. The zero-order valence-corrected chi connectivity index (χ0v) is 39.9. The molecule has 0 aromatic heterocycles. The molecule has 0 aliphatic carbocycles. The zero-order valence-electron chi connectivity index (χ0n) is 38.2. The Balaban J connectivity index is 0.000000245. The predicted molar refractivity (Wildman–Crippen MR) is 275 cm³/mol. The standard InChI is InChI=1S/C12H10N2O6S2.3C12H10N2.2CH5N3/c15-21(16,17)11-5-1-9(2-6-11)13-14-10-3-7-12(8-4-10)22(18,19)20;3*1-3-7-11(8-4-1)13-14-12-9-5-2-6-10-12;2*2-1(3)4/h1-8H,(H,15,16,17)(H,18,19,20);3*1-10H;2*(H5,2,3,4). The van der Waals surface area contributed by atoms with Crippen LogP contribution in [-0.2, 0) is 20.2 Å². The molecule has 8 rings (SSSR count). The van der Waals surface area contributed by atoms with Gasteiger partial charge in [0.15, 0.2) is 0 Å². The third-order valence-corrected chi connectivity index (χ3v) is 9.61. The highest BCUT2D eigenvalue weighted by atomic mass is 32.2. The van der Waals surface area contributed by atoms with Gasteiger partial charge in [-0.3, -0.25) is 33.8 Å². The Kier molecular flexibility index (Phi) is 24.9. The summed E-state index contributed by atoms with van der Waals surface area (Å²) in [6.07, 6.45) is 0. The Labute approximate surface area is 416 Å². The summed E-state index contributed by atoms with van der Waals surface area (Å²) >= 11 is 0. The van der Waals surface area contributed by atoms with Gasteiger partial charge in [-0.25, -0.2) is 16.8 Å². The zero-order chi connectivity index (χ0) is 52.5. The lowest BCUT2D eigenvalue weighted by molar-refractivity contribution is -0.117. The van der Waals surface area contributed by atoms with E-state index in [4.69, 9.17) is 0 Å². The minimum atomic E-state index is -4.51. The molecule has 368 valence electrons. The molecule has 0 spiro atoms. The van der Waals surface area contributed by atoms with Crippen molar-refractivity contribution >= 4 is 77.7 Å². The number of nitrogens with zero attached hydrogens (tertiary/aromatic N) is 8. The van der Waals surface area contributed by atoms with Gasteiger partial charge in [-0.05, 0) is 121 Å². The maximum Gasteiger partial charge on any atom is 0.336 e. The van der Waals surface area contributed by atoms with Gasteiger partial charge in [0.25, 0.3) is 0 Å². The normalized spacial score (nSPS) is 10.7. The van der Waals surface area contributed by atoms with E-state index in [-0.39, 0.29) is 21.7 Å². The second kappa shape index (κ2) is 31.5. The van der Waals surface area contributed by atoms with Crippen molar-refractivity contribution in [2.75, 3.05) is 0 Å². The van der Waals surface area contributed by atoms with Crippen LogP contribution < -0.4 is 33.8 Å². The maximum atomic E-state index is 10.8. The van der Waals surface area contributed by atoms with Crippen molar-refractivity contribution in [3.63, 3.8) is 0 Å². The second-order valence-corrected chi connectivity index (χ2v) is 16.5. The summed E-state index contributed by atoms with van der Waals surface area (Å²) in [6, 6.07) is 67.8. The van der Waals surface area contributed by atoms with Crippen molar-refractivity contribution in [1.29, 1.82) is 0 Å². The van der Waals surface area contributed by atoms with E-state index in [1.807, 2.05) is 182 Å². The van der Waals surface area contributed by atoms with Gasteiger partial charge in [-0.1, -0.05) is 109 Å². The molecule has 22 heteroatoms. The first-order valence-corrected chi connectivity index (χ1v) is 23.7. The van der Waals surface area contributed by atoms with Crippen LogP contribution in [0.4, 0.5) is 45.5 Å². The molecule has 8 aromatic carbocycles. The van der Waals surface area contributed by atoms with Crippen LogP contribution in [0, 0.1) is 0 Å². The van der Waals surface area contributed by atoms with E-state index in [0.717, 1.165) is 58.4 Å². The molecule has 0 fully saturated rings. The van der Waals surface area contributed by atoms with Crippen LogP contribution in [0.25, 0.3) is 0 Å². The van der Waals surface area contributed by atoms with E-state index >= 15 is 0 Å². The molecule has 12 N–H and O–H groups in total. The van der Waals surface area contributed by atoms with E-state index in [0.29, 0.717) is 11.4 Å². The van der Waals surface area contributed by atoms with E-state index in [2.05, 4.69) is 74.7 Å². The van der Waals surface area contributed by atoms with Gasteiger partial charge >= 0.3 is 11.9 Å². The Morgan fingerprint density at radius 2 is 0.403 bits per heavy atom. The van der Waals surface area contributed by atoms with Gasteiger partial charge < -0.3 is 9.11 Å². The largest absolute Gasteiger partial charge is 0.744 e. The lowest BCUT2D eigenvalue weighted by Gasteiger charge is -2.06. The summed E-state index contributed by atoms with van der Waals surface area (Å²) in [4.78, 5) is -0.757. The van der Waals surface area contributed by atoms with Gasteiger partial charge in [0.1, 0.15) is 20.2 Å². The Bertz CT molecular complexity index is 2740. The van der Waals surface area contributed by atoms with Crippen LogP contribution in [0.1, 0.15) is 0 Å². The topological polar surface area (TPSA) is 369 Å². The van der Waals surface area contributed by atoms with Crippen LogP contribution >= 0.6 is 0 Å². The van der Waals surface area contributed by atoms with Crippen LogP contribution in [0.3, 0.4) is 0 Å². The molecule has 0 unspecified atom stereocenters. The fourth-order valence-corrected chi connectivity index (χ4v) is 5.73. The summed E-state index contributed by atoms with van der Waals surface area (Å²) in [6.45, 7) is 0. The van der Waals surface area contributed by atoms with Gasteiger partial charge in [0.2, 0.25) is 0 Å². The SMILES string of the molecule is NC(N)=[NH2+].NC(N)=[NH2+].O=S(=O)([O-])c1ccc(N=Nc2ccc(S(=O)(=O)[O-])cc2)cc1.c1ccc(N=Nc2ccccc2)cc1.c1ccc(N=Nc2ccccc2)cc1.c1ccc(N=Nc2ccccc2)cc1. The summed E-state index contributed by atoms with van der Waals surface area (Å²) in [7, 11) is -9.03. The highest BCUT2D eigenvalue weighted by molar-refractivity contribution is 7.86. The molecular weight excluding hydrogens is 957 g/mol. The molecule has 0 saturated carbocycles. The highest BCUT2D eigenvalue weighted by Gasteiger charge is 2.02. The van der Waals surface area contributed by atoms with Crippen LogP contribution in [0.15, 0.2) is 281 Å². The van der Waals surface area contributed by atoms with Gasteiger partial charge in [0.05, 0.1) is 55.3 Å². The fraction of sp³-hybridized carbons (Fsp3) is 0. The molecular formula is C50H50N14O6S2. The molecule has 0 aliphatic heterocycles. The third-order valence-electron chi connectivity index (χ3n) is 7.91. The first kappa shape index (κ1) is 56.8. The summed E-state index contributed by atoms with van der Waals surface area (Å²) in [5, 5.41) is 41.4. The van der Waals surface area contributed by atoms with Gasteiger partial charge in [0, 0.05) is 0 Å². The van der Waals surface area contributed by atoms with Crippen molar-refractivity contribution in [3.05, 3.63) is 231 Å². The molecule has 0 bridgehead atoms. The lowest BCUT2D eigenvalue weighted by Crippen LogP contribution is -2.51. The van der Waals surface area contributed by atoms with Crippen LogP contribution in [-0.4, -0.2) is 37.9 Å². The molecule has 72 heavy (non-hydrogen) atoms. The van der Waals surface area contributed by atoms with Crippen molar-refractivity contribution < 1.29 is 36.8 Å². The number of rotatable bonds is 10. The van der Waals surface area contributed by atoms with Crippen LogP contribution in [0.2, 0.25) is 0 Å². The molecule has 8 aromatic rings. The number of azo groups is 4. The van der Waals surface area contributed by atoms with Crippen molar-refractivity contribution in [2.24, 2.45) is 63.8 Å². The van der Waals surface area contributed by atoms with Crippen molar-refractivity contribution in [1.82, 2.24) is 0 Å². The minimum Gasteiger partial charge on any atom is -0.744 e. The second-order valence-electron chi connectivity index (χ2n) is 13.7. The van der Waals surface area contributed by atoms with Crippen molar-refractivity contribution in [3.8, 4) is 0 Å². The molecule has 0 amide bonds. The predicted octanol–water partition coefficient (Wildman–Crippen LogP) is 8.25. The molecule has 0 atom stereocenters.